The average Bonchev–Trinajstić information content (AvgIpc) is 2.52. The first-order valence-corrected chi connectivity index (χ1v) is 7.76. The van der Waals surface area contributed by atoms with Gasteiger partial charge in [0.15, 0.2) is 11.6 Å². The minimum atomic E-state index is 0.594. The van der Waals surface area contributed by atoms with Gasteiger partial charge in [0.05, 0.1) is 6.61 Å². The molecule has 0 amide bonds. The third kappa shape index (κ3) is 3.63. The van der Waals surface area contributed by atoms with Crippen molar-refractivity contribution in [3.63, 3.8) is 0 Å². The number of rotatable bonds is 6. The van der Waals surface area contributed by atoms with E-state index in [4.69, 9.17) is 4.74 Å². The standard InChI is InChI=1S/C16H27N3O/c1-4-12-20-15-6-5-9-18-16(15)19-10-7-14(8-11-19)13(2)17-3/h5-6,9,13-14,17H,4,7-8,10-12H2,1-3H3. The zero-order valence-electron chi connectivity index (χ0n) is 12.9. The number of piperidine rings is 1. The van der Waals surface area contributed by atoms with Gasteiger partial charge in [-0.1, -0.05) is 6.92 Å². The monoisotopic (exact) mass is 277 g/mol. The maximum absolute atomic E-state index is 5.82. The maximum atomic E-state index is 5.82. The second kappa shape index (κ2) is 7.48. The Balaban J connectivity index is 1.99. The van der Waals surface area contributed by atoms with Crippen LogP contribution in [-0.2, 0) is 0 Å². The van der Waals surface area contributed by atoms with Crippen molar-refractivity contribution >= 4 is 5.82 Å². The van der Waals surface area contributed by atoms with Crippen molar-refractivity contribution in [3.05, 3.63) is 18.3 Å². The molecule has 1 aliphatic rings. The van der Waals surface area contributed by atoms with E-state index < -0.39 is 0 Å². The number of aromatic nitrogens is 1. The summed E-state index contributed by atoms with van der Waals surface area (Å²) in [5, 5.41) is 3.37. The molecule has 2 rings (SSSR count). The Morgan fingerprint density at radius 1 is 1.45 bits per heavy atom. The number of hydrogen-bond donors (Lipinski definition) is 1. The van der Waals surface area contributed by atoms with Gasteiger partial charge in [-0.05, 0) is 51.3 Å². The second-order valence-electron chi connectivity index (χ2n) is 5.58. The van der Waals surface area contributed by atoms with E-state index in [1.54, 1.807) is 0 Å². The van der Waals surface area contributed by atoms with Crippen LogP contribution in [0.2, 0.25) is 0 Å². The molecule has 1 saturated heterocycles. The van der Waals surface area contributed by atoms with Crippen LogP contribution in [0.5, 0.6) is 5.75 Å². The first-order valence-electron chi connectivity index (χ1n) is 7.76. The fourth-order valence-corrected chi connectivity index (χ4v) is 2.79. The van der Waals surface area contributed by atoms with Gasteiger partial charge in [-0.3, -0.25) is 0 Å². The molecule has 0 spiro atoms. The molecule has 0 aliphatic carbocycles. The summed E-state index contributed by atoms with van der Waals surface area (Å²) in [5.74, 6) is 2.70. The van der Waals surface area contributed by atoms with Gasteiger partial charge in [0.2, 0.25) is 0 Å². The van der Waals surface area contributed by atoms with E-state index in [1.165, 1.54) is 12.8 Å². The average molecular weight is 277 g/mol. The Bertz CT molecular complexity index is 402. The van der Waals surface area contributed by atoms with Crippen molar-refractivity contribution < 1.29 is 4.74 Å². The highest BCUT2D eigenvalue weighted by Crippen LogP contribution is 2.30. The van der Waals surface area contributed by atoms with E-state index in [9.17, 15) is 0 Å². The predicted molar refractivity (Wildman–Crippen MR) is 83.5 cm³/mol. The van der Waals surface area contributed by atoms with Crippen LogP contribution >= 0.6 is 0 Å². The molecule has 1 fully saturated rings. The fourth-order valence-electron chi connectivity index (χ4n) is 2.79. The van der Waals surface area contributed by atoms with Gasteiger partial charge < -0.3 is 15.0 Å². The van der Waals surface area contributed by atoms with Gasteiger partial charge in [0.1, 0.15) is 0 Å². The lowest BCUT2D eigenvalue weighted by Gasteiger charge is -2.36. The molecule has 0 bridgehead atoms. The molecule has 1 aliphatic heterocycles. The highest BCUT2D eigenvalue weighted by molar-refractivity contribution is 5.52. The third-order valence-electron chi connectivity index (χ3n) is 4.21. The van der Waals surface area contributed by atoms with Crippen molar-refractivity contribution in [3.8, 4) is 5.75 Å². The fraction of sp³-hybridized carbons (Fsp3) is 0.688. The van der Waals surface area contributed by atoms with Gasteiger partial charge >= 0.3 is 0 Å². The van der Waals surface area contributed by atoms with Gasteiger partial charge in [0.25, 0.3) is 0 Å². The van der Waals surface area contributed by atoms with Crippen LogP contribution < -0.4 is 15.0 Å². The lowest BCUT2D eigenvalue weighted by atomic mass is 9.90. The van der Waals surface area contributed by atoms with E-state index in [2.05, 4.69) is 29.0 Å². The van der Waals surface area contributed by atoms with Crippen LogP contribution in [0.3, 0.4) is 0 Å². The minimum absolute atomic E-state index is 0.594. The smallest absolute Gasteiger partial charge is 0.171 e. The van der Waals surface area contributed by atoms with Crippen LogP contribution in [0, 0.1) is 5.92 Å². The van der Waals surface area contributed by atoms with Crippen molar-refractivity contribution in [2.45, 2.75) is 39.2 Å². The van der Waals surface area contributed by atoms with Crippen LogP contribution in [0.15, 0.2) is 18.3 Å². The summed E-state index contributed by atoms with van der Waals surface area (Å²) < 4.78 is 5.82. The number of nitrogens with one attached hydrogen (secondary N) is 1. The van der Waals surface area contributed by atoms with Crippen molar-refractivity contribution in [1.82, 2.24) is 10.3 Å². The highest BCUT2D eigenvalue weighted by Gasteiger charge is 2.25. The van der Waals surface area contributed by atoms with Gasteiger partial charge in [-0.2, -0.15) is 0 Å². The molecule has 4 heteroatoms. The molecule has 0 saturated carbocycles. The SMILES string of the molecule is CCCOc1cccnc1N1CCC(C(C)NC)CC1. The van der Waals surface area contributed by atoms with E-state index in [1.807, 2.05) is 25.4 Å². The van der Waals surface area contributed by atoms with E-state index in [0.717, 1.165) is 43.6 Å². The molecule has 1 N–H and O–H groups in total. The molecule has 20 heavy (non-hydrogen) atoms. The number of nitrogens with zero attached hydrogens (tertiary/aromatic N) is 2. The Labute approximate surface area is 122 Å². The Hall–Kier alpha value is -1.29. The number of anilines is 1. The van der Waals surface area contributed by atoms with Gasteiger partial charge in [-0.25, -0.2) is 4.98 Å². The summed E-state index contributed by atoms with van der Waals surface area (Å²) in [6.45, 7) is 7.29. The van der Waals surface area contributed by atoms with Gasteiger partial charge in [-0.15, -0.1) is 0 Å². The third-order valence-corrected chi connectivity index (χ3v) is 4.21. The van der Waals surface area contributed by atoms with Crippen LogP contribution in [0.25, 0.3) is 0 Å². The van der Waals surface area contributed by atoms with Crippen LogP contribution in [-0.4, -0.2) is 37.8 Å². The Morgan fingerprint density at radius 3 is 2.85 bits per heavy atom. The minimum Gasteiger partial charge on any atom is -0.490 e. The number of hydrogen-bond acceptors (Lipinski definition) is 4. The molecule has 1 aromatic rings. The second-order valence-corrected chi connectivity index (χ2v) is 5.58. The highest BCUT2D eigenvalue weighted by atomic mass is 16.5. The molecule has 1 unspecified atom stereocenters. The predicted octanol–water partition coefficient (Wildman–Crippen LogP) is 2.69. The summed E-state index contributed by atoms with van der Waals surface area (Å²) in [5.41, 5.74) is 0. The summed E-state index contributed by atoms with van der Waals surface area (Å²) in [7, 11) is 2.05. The Morgan fingerprint density at radius 2 is 2.20 bits per heavy atom. The molecule has 2 heterocycles. The Kier molecular flexibility index (Phi) is 5.65. The zero-order chi connectivity index (χ0) is 14.4. The molecule has 0 aromatic carbocycles. The molecule has 4 nitrogen and oxygen atoms in total. The van der Waals surface area contributed by atoms with Gasteiger partial charge in [0, 0.05) is 25.3 Å². The van der Waals surface area contributed by atoms with E-state index >= 15 is 0 Å². The largest absolute Gasteiger partial charge is 0.490 e. The lowest BCUT2D eigenvalue weighted by molar-refractivity contribution is 0.306. The van der Waals surface area contributed by atoms with Crippen molar-refractivity contribution in [2.24, 2.45) is 5.92 Å². The summed E-state index contributed by atoms with van der Waals surface area (Å²) in [4.78, 5) is 6.90. The quantitative estimate of drug-likeness (QED) is 0.867. The number of ether oxygens (including phenoxy) is 1. The summed E-state index contributed by atoms with van der Waals surface area (Å²) in [6, 6.07) is 4.57. The summed E-state index contributed by atoms with van der Waals surface area (Å²) in [6.07, 6.45) is 5.31. The van der Waals surface area contributed by atoms with E-state index in [-0.39, 0.29) is 0 Å². The van der Waals surface area contributed by atoms with Crippen molar-refractivity contribution in [2.75, 3.05) is 31.6 Å². The van der Waals surface area contributed by atoms with E-state index in [0.29, 0.717) is 6.04 Å². The summed E-state index contributed by atoms with van der Waals surface area (Å²) >= 11 is 0. The molecule has 0 radical (unpaired) electrons. The van der Waals surface area contributed by atoms with Crippen molar-refractivity contribution in [1.29, 1.82) is 0 Å². The first kappa shape index (κ1) is 15.1. The maximum Gasteiger partial charge on any atom is 0.171 e. The molecule has 112 valence electrons. The van der Waals surface area contributed by atoms with Crippen LogP contribution in [0.1, 0.15) is 33.1 Å². The first-order chi connectivity index (χ1) is 9.76. The molecule has 1 aromatic heterocycles. The number of pyridine rings is 1. The zero-order valence-corrected chi connectivity index (χ0v) is 12.9. The molecule has 1 atom stereocenters. The van der Waals surface area contributed by atoms with Crippen LogP contribution in [0.4, 0.5) is 5.82 Å². The molecular weight excluding hydrogens is 250 g/mol. The molecular formula is C16H27N3O. The lowest BCUT2D eigenvalue weighted by Crippen LogP contribution is -2.41. The normalized spacial score (nSPS) is 18.1. The topological polar surface area (TPSA) is 37.4 Å².